The number of aromatic amines is 1. The van der Waals surface area contributed by atoms with Gasteiger partial charge in [-0.15, -0.1) is 0 Å². The molecule has 2 radical (unpaired) electrons. The quantitative estimate of drug-likeness (QED) is 0.630. The van der Waals surface area contributed by atoms with Crippen LogP contribution in [0.4, 0.5) is 8.78 Å². The summed E-state index contributed by atoms with van der Waals surface area (Å²) in [4.78, 5) is 17.0. The van der Waals surface area contributed by atoms with Gasteiger partial charge in [-0.1, -0.05) is 5.46 Å². The summed E-state index contributed by atoms with van der Waals surface area (Å²) < 4.78 is 26.7. The zero-order valence-corrected chi connectivity index (χ0v) is 7.77. The maximum absolute atomic E-state index is 13.4. The molecule has 0 saturated heterocycles. The SMILES string of the molecule is [B]c1cc(F)c2nc(C)c(=O)[nH]c2c1F. The second-order valence-corrected chi connectivity index (χ2v) is 3.14. The largest absolute Gasteiger partial charge is 0.317 e. The minimum Gasteiger partial charge on any atom is -0.317 e. The third-order valence-corrected chi connectivity index (χ3v) is 2.06. The molecule has 1 aromatic heterocycles. The second kappa shape index (κ2) is 3.15. The summed E-state index contributed by atoms with van der Waals surface area (Å²) in [6.07, 6.45) is 0. The second-order valence-electron chi connectivity index (χ2n) is 3.14. The first kappa shape index (κ1) is 9.83. The average molecular weight is 206 g/mol. The highest BCUT2D eigenvalue weighted by atomic mass is 19.1. The zero-order valence-electron chi connectivity index (χ0n) is 7.77. The van der Waals surface area contributed by atoms with Crippen LogP contribution in [0.3, 0.4) is 0 Å². The van der Waals surface area contributed by atoms with Gasteiger partial charge in [-0.2, -0.15) is 0 Å². The van der Waals surface area contributed by atoms with Gasteiger partial charge in [0, 0.05) is 0 Å². The first-order chi connectivity index (χ1) is 7.00. The van der Waals surface area contributed by atoms with Gasteiger partial charge in [-0.3, -0.25) is 4.79 Å². The number of aromatic nitrogens is 2. The molecule has 1 aromatic carbocycles. The molecule has 0 spiro atoms. The lowest BCUT2D eigenvalue weighted by Crippen LogP contribution is -2.18. The van der Waals surface area contributed by atoms with Crippen molar-refractivity contribution in [1.82, 2.24) is 9.97 Å². The van der Waals surface area contributed by atoms with Crippen molar-refractivity contribution in [1.29, 1.82) is 0 Å². The Morgan fingerprint density at radius 3 is 2.80 bits per heavy atom. The molecular weight excluding hydrogens is 201 g/mol. The van der Waals surface area contributed by atoms with Crippen molar-refractivity contribution >= 4 is 24.3 Å². The highest BCUT2D eigenvalue weighted by molar-refractivity contribution is 6.33. The van der Waals surface area contributed by atoms with Crippen molar-refractivity contribution in [2.75, 3.05) is 0 Å². The van der Waals surface area contributed by atoms with E-state index >= 15 is 0 Å². The molecule has 0 atom stereocenters. The molecule has 1 heterocycles. The van der Waals surface area contributed by atoms with Crippen molar-refractivity contribution in [2.45, 2.75) is 6.92 Å². The zero-order chi connectivity index (χ0) is 11.2. The predicted octanol–water partition coefficient (Wildman–Crippen LogP) is 0.304. The Bertz CT molecular complexity index is 609. The number of benzene rings is 1. The van der Waals surface area contributed by atoms with Crippen LogP contribution in [-0.2, 0) is 0 Å². The minimum atomic E-state index is -0.865. The average Bonchev–Trinajstić information content (AvgIpc) is 2.18. The molecule has 74 valence electrons. The smallest absolute Gasteiger partial charge is 0.269 e. The molecule has 1 N–H and O–H groups in total. The number of hydrogen-bond acceptors (Lipinski definition) is 2. The molecule has 2 rings (SSSR count). The molecule has 0 aliphatic rings. The summed E-state index contributed by atoms with van der Waals surface area (Å²) in [6, 6.07) is 0.836. The minimum absolute atomic E-state index is 0.0746. The number of H-pyrrole nitrogens is 1. The highest BCUT2D eigenvalue weighted by Crippen LogP contribution is 2.13. The Morgan fingerprint density at radius 1 is 1.47 bits per heavy atom. The third-order valence-electron chi connectivity index (χ3n) is 2.06. The normalized spacial score (nSPS) is 10.9. The van der Waals surface area contributed by atoms with E-state index in [1.54, 1.807) is 0 Å². The van der Waals surface area contributed by atoms with Crippen LogP contribution < -0.4 is 11.0 Å². The number of nitrogens with one attached hydrogen (secondary N) is 1. The van der Waals surface area contributed by atoms with Crippen LogP contribution in [0.1, 0.15) is 5.69 Å². The lowest BCUT2D eigenvalue weighted by molar-refractivity contribution is 0.618. The molecule has 0 unspecified atom stereocenters. The third kappa shape index (κ3) is 1.42. The molecular formula is C9H5BF2N2O. The summed E-state index contributed by atoms with van der Waals surface area (Å²) in [5, 5.41) is 0. The van der Waals surface area contributed by atoms with Crippen LogP contribution in [0, 0.1) is 18.6 Å². The fourth-order valence-electron chi connectivity index (χ4n) is 1.28. The Labute approximate surface area is 84.6 Å². The van der Waals surface area contributed by atoms with Gasteiger partial charge in [-0.05, 0) is 13.0 Å². The van der Waals surface area contributed by atoms with E-state index < -0.39 is 17.2 Å². The number of hydrogen-bond donors (Lipinski definition) is 1. The number of halogens is 2. The molecule has 0 fully saturated rings. The monoisotopic (exact) mass is 206 g/mol. The van der Waals surface area contributed by atoms with Crippen LogP contribution in [-0.4, -0.2) is 17.8 Å². The Kier molecular flexibility index (Phi) is 2.06. The van der Waals surface area contributed by atoms with Crippen LogP contribution in [0.15, 0.2) is 10.9 Å². The van der Waals surface area contributed by atoms with Crippen LogP contribution >= 0.6 is 0 Å². The summed E-state index contributed by atoms with van der Waals surface area (Å²) in [5.74, 6) is -1.63. The molecule has 6 heteroatoms. The molecule has 0 bridgehead atoms. The van der Waals surface area contributed by atoms with E-state index in [0.29, 0.717) is 0 Å². The van der Waals surface area contributed by atoms with Gasteiger partial charge in [0.05, 0.1) is 0 Å². The molecule has 3 nitrogen and oxygen atoms in total. The van der Waals surface area contributed by atoms with Crippen LogP contribution in [0.5, 0.6) is 0 Å². The van der Waals surface area contributed by atoms with E-state index in [1.165, 1.54) is 6.92 Å². The number of rotatable bonds is 0. The molecule has 0 saturated carbocycles. The summed E-state index contributed by atoms with van der Waals surface area (Å²) in [5.41, 5.74) is -1.37. The maximum Gasteiger partial charge on any atom is 0.269 e. The van der Waals surface area contributed by atoms with Gasteiger partial charge < -0.3 is 4.98 Å². The van der Waals surface area contributed by atoms with Crippen LogP contribution in [0.2, 0.25) is 0 Å². The molecule has 0 aliphatic carbocycles. The highest BCUT2D eigenvalue weighted by Gasteiger charge is 2.12. The van der Waals surface area contributed by atoms with Gasteiger partial charge >= 0.3 is 0 Å². The van der Waals surface area contributed by atoms with Gasteiger partial charge in [0.2, 0.25) is 0 Å². The molecule has 2 aromatic rings. The first-order valence-corrected chi connectivity index (χ1v) is 4.15. The fraction of sp³-hybridized carbons (Fsp3) is 0.111. The van der Waals surface area contributed by atoms with Crippen molar-refractivity contribution < 1.29 is 8.78 Å². The van der Waals surface area contributed by atoms with Gasteiger partial charge in [0.1, 0.15) is 30.4 Å². The topological polar surface area (TPSA) is 45.8 Å². The van der Waals surface area contributed by atoms with Crippen molar-refractivity contribution in [3.05, 3.63) is 33.7 Å². The first-order valence-electron chi connectivity index (χ1n) is 4.15. The van der Waals surface area contributed by atoms with E-state index in [-0.39, 0.29) is 22.2 Å². The molecule has 0 amide bonds. The molecule has 0 aliphatic heterocycles. The Morgan fingerprint density at radius 2 is 2.13 bits per heavy atom. The number of aryl methyl sites for hydroxylation is 1. The Hall–Kier alpha value is -1.72. The maximum atomic E-state index is 13.4. The van der Waals surface area contributed by atoms with Gasteiger partial charge in [-0.25, -0.2) is 13.8 Å². The van der Waals surface area contributed by atoms with E-state index in [1.807, 2.05) is 0 Å². The predicted molar refractivity (Wildman–Crippen MR) is 52.4 cm³/mol. The molecule has 15 heavy (non-hydrogen) atoms. The van der Waals surface area contributed by atoms with Gasteiger partial charge in [0.25, 0.3) is 5.56 Å². The lowest BCUT2D eigenvalue weighted by atomic mass is 9.94. The van der Waals surface area contributed by atoms with Crippen molar-refractivity contribution in [2.24, 2.45) is 0 Å². The van der Waals surface area contributed by atoms with E-state index in [9.17, 15) is 13.6 Å². The number of fused-ring (bicyclic) bond motifs is 1. The van der Waals surface area contributed by atoms with Crippen molar-refractivity contribution in [3.8, 4) is 0 Å². The van der Waals surface area contributed by atoms with E-state index in [2.05, 4.69) is 9.97 Å². The lowest BCUT2D eigenvalue weighted by Gasteiger charge is -2.04. The fourth-order valence-corrected chi connectivity index (χ4v) is 1.28. The van der Waals surface area contributed by atoms with Crippen molar-refractivity contribution in [3.63, 3.8) is 0 Å². The van der Waals surface area contributed by atoms with E-state index in [4.69, 9.17) is 7.85 Å². The summed E-state index contributed by atoms with van der Waals surface area (Å²) in [7, 11) is 5.21. The number of nitrogens with zero attached hydrogens (tertiary/aromatic N) is 1. The summed E-state index contributed by atoms with van der Waals surface area (Å²) in [6.45, 7) is 1.41. The van der Waals surface area contributed by atoms with Gasteiger partial charge in [0.15, 0.2) is 5.82 Å². The summed E-state index contributed by atoms with van der Waals surface area (Å²) >= 11 is 0. The standard InChI is InChI=1S/C9H5BF2N2O/c1-3-9(15)14-8-6(12)4(10)2-5(11)7(8)13-3/h2H,1H3,(H,14,15). The van der Waals surface area contributed by atoms with E-state index in [0.717, 1.165) is 6.07 Å². The Balaban J connectivity index is 3.04. The van der Waals surface area contributed by atoms with Crippen LogP contribution in [0.25, 0.3) is 11.0 Å².